The van der Waals surface area contributed by atoms with Crippen molar-refractivity contribution in [2.75, 3.05) is 19.8 Å². The van der Waals surface area contributed by atoms with E-state index in [1.807, 2.05) is 24.3 Å². The van der Waals surface area contributed by atoms with Crippen LogP contribution in [0.5, 0.6) is 5.75 Å². The van der Waals surface area contributed by atoms with Gasteiger partial charge in [0.05, 0.1) is 44.3 Å². The maximum Gasteiger partial charge on any atom is 0.341 e. The Labute approximate surface area is 243 Å². The molecule has 4 rings (SSSR count). The molecule has 0 aliphatic heterocycles. The molecule has 0 aromatic heterocycles. The van der Waals surface area contributed by atoms with E-state index in [-0.39, 0.29) is 17.7 Å². The summed E-state index contributed by atoms with van der Waals surface area (Å²) < 4.78 is 46.8. The summed E-state index contributed by atoms with van der Waals surface area (Å²) >= 11 is 0. The van der Waals surface area contributed by atoms with Gasteiger partial charge < -0.3 is 14.2 Å². The molecule has 3 aromatic rings. The lowest BCUT2D eigenvalue weighted by molar-refractivity contribution is 0.0266. The van der Waals surface area contributed by atoms with Gasteiger partial charge in [0.1, 0.15) is 17.4 Å². The number of rotatable bonds is 14. The van der Waals surface area contributed by atoms with Crippen molar-refractivity contribution in [3.8, 4) is 28.0 Å². The van der Waals surface area contributed by atoms with E-state index in [1.54, 1.807) is 12.1 Å². The van der Waals surface area contributed by atoms with Gasteiger partial charge in [0.2, 0.25) is 0 Å². The van der Waals surface area contributed by atoms with Crippen LogP contribution in [0, 0.1) is 24.5 Å². The second-order valence-electron chi connectivity index (χ2n) is 10.6. The molecule has 41 heavy (non-hydrogen) atoms. The fraction of sp³-hybridized carbons (Fsp3) is 0.400. The van der Waals surface area contributed by atoms with Crippen LogP contribution in [-0.2, 0) is 9.47 Å². The molecule has 6 heteroatoms. The molecule has 1 aliphatic rings. The van der Waals surface area contributed by atoms with Gasteiger partial charge in [-0.05, 0) is 53.4 Å². The zero-order valence-electron chi connectivity index (χ0n) is 23.9. The van der Waals surface area contributed by atoms with Gasteiger partial charge in [-0.3, -0.25) is 0 Å². The van der Waals surface area contributed by atoms with Crippen molar-refractivity contribution >= 4 is 5.97 Å². The first-order valence-electron chi connectivity index (χ1n) is 14.7. The molecule has 0 spiro atoms. The molecule has 0 heterocycles. The molecule has 1 aliphatic carbocycles. The zero-order valence-corrected chi connectivity index (χ0v) is 23.9. The largest absolute Gasteiger partial charge is 0.494 e. The Kier molecular flexibility index (Phi) is 11.6. The summed E-state index contributed by atoms with van der Waals surface area (Å²) in [6.07, 6.45) is 9.24. The lowest BCUT2D eigenvalue weighted by Gasteiger charge is -2.23. The SMILES string of the molecule is [CH2-][C+]1CCC(OCCCOc2ccc(-c3ccc(-c4ccc(C(=O)OCCCCCC)c(F)c4)c(F)c3)cc2)CC1. The van der Waals surface area contributed by atoms with Gasteiger partial charge in [0.25, 0.3) is 0 Å². The highest BCUT2D eigenvalue weighted by Gasteiger charge is 2.21. The van der Waals surface area contributed by atoms with Crippen LogP contribution in [0.2, 0.25) is 0 Å². The molecule has 1 saturated carbocycles. The highest BCUT2D eigenvalue weighted by atomic mass is 19.1. The number of ether oxygens (including phenoxy) is 3. The molecule has 1 fully saturated rings. The summed E-state index contributed by atoms with van der Waals surface area (Å²) in [7, 11) is 0. The third kappa shape index (κ3) is 9.06. The summed E-state index contributed by atoms with van der Waals surface area (Å²) in [5.74, 6) is 0.162. The maximum absolute atomic E-state index is 15.1. The predicted octanol–water partition coefficient (Wildman–Crippen LogP) is 9.17. The van der Waals surface area contributed by atoms with Gasteiger partial charge in [-0.2, -0.15) is 0 Å². The van der Waals surface area contributed by atoms with E-state index in [0.717, 1.165) is 69.1 Å². The van der Waals surface area contributed by atoms with Crippen molar-refractivity contribution in [2.24, 2.45) is 0 Å². The maximum atomic E-state index is 15.1. The third-order valence-electron chi connectivity index (χ3n) is 7.44. The molecule has 4 nitrogen and oxygen atoms in total. The number of halogens is 2. The van der Waals surface area contributed by atoms with Gasteiger partial charge in [0, 0.05) is 24.8 Å². The van der Waals surface area contributed by atoms with Crippen molar-refractivity contribution in [3.05, 3.63) is 90.7 Å². The first kappa shape index (κ1) is 30.6. The second kappa shape index (κ2) is 15.6. The number of hydrogen-bond donors (Lipinski definition) is 0. The lowest BCUT2D eigenvalue weighted by Crippen LogP contribution is -2.20. The third-order valence-corrected chi connectivity index (χ3v) is 7.44. The molecule has 0 amide bonds. The number of carbonyl (C=O) groups is 1. The average Bonchev–Trinajstić information content (AvgIpc) is 2.98. The van der Waals surface area contributed by atoms with Gasteiger partial charge in [-0.25, -0.2) is 13.6 Å². The van der Waals surface area contributed by atoms with Crippen LogP contribution in [0.15, 0.2) is 60.7 Å². The van der Waals surface area contributed by atoms with E-state index in [0.29, 0.717) is 30.4 Å². The number of hydrogen-bond acceptors (Lipinski definition) is 4. The quantitative estimate of drug-likeness (QED) is 0.112. The lowest BCUT2D eigenvalue weighted by atomic mass is 9.89. The fourth-order valence-electron chi connectivity index (χ4n) is 4.96. The Morgan fingerprint density at radius 1 is 0.829 bits per heavy atom. The number of unbranched alkanes of at least 4 members (excludes halogenated alkanes) is 3. The van der Waals surface area contributed by atoms with Gasteiger partial charge in [-0.1, -0.05) is 62.4 Å². The minimum absolute atomic E-state index is 0.146. The van der Waals surface area contributed by atoms with Gasteiger partial charge in [0.15, 0.2) is 0 Å². The van der Waals surface area contributed by atoms with Crippen LogP contribution in [0.1, 0.15) is 75.1 Å². The minimum atomic E-state index is -0.730. The van der Waals surface area contributed by atoms with E-state index >= 15 is 4.39 Å². The van der Waals surface area contributed by atoms with Crippen LogP contribution in [0.3, 0.4) is 0 Å². The molecular formula is C35H40F2O4. The number of esters is 1. The Bertz CT molecular complexity index is 1250. The van der Waals surface area contributed by atoms with Crippen molar-refractivity contribution < 1.29 is 27.8 Å². The highest BCUT2D eigenvalue weighted by molar-refractivity contribution is 5.90. The highest BCUT2D eigenvalue weighted by Crippen LogP contribution is 2.30. The summed E-state index contributed by atoms with van der Waals surface area (Å²) in [4.78, 5) is 12.2. The normalized spacial score (nSPS) is 13.8. The van der Waals surface area contributed by atoms with Crippen LogP contribution < -0.4 is 4.74 Å². The van der Waals surface area contributed by atoms with E-state index in [1.165, 1.54) is 30.2 Å². The standard InChI is InChI=1S/C35H40F2O4/c1-3-4-5-6-20-41-35(38)32-19-13-28(24-34(32)37)31-18-12-27(23-33(31)36)26-10-16-30(17-11-26)40-22-7-21-39-29-14-8-25(2)9-15-29/h10-13,16-19,23-24,29H,2-9,14-15,20-22H2,1H3. The minimum Gasteiger partial charge on any atom is -0.494 e. The monoisotopic (exact) mass is 562 g/mol. The Morgan fingerprint density at radius 2 is 1.54 bits per heavy atom. The van der Waals surface area contributed by atoms with E-state index < -0.39 is 17.6 Å². The van der Waals surface area contributed by atoms with Crippen LogP contribution in [0.4, 0.5) is 8.78 Å². The van der Waals surface area contributed by atoms with Crippen LogP contribution in [-0.4, -0.2) is 31.9 Å². The number of benzene rings is 3. The first-order chi connectivity index (χ1) is 19.9. The Morgan fingerprint density at radius 3 is 2.24 bits per heavy atom. The second-order valence-corrected chi connectivity index (χ2v) is 10.6. The van der Waals surface area contributed by atoms with E-state index in [9.17, 15) is 9.18 Å². The molecule has 3 aromatic carbocycles. The summed E-state index contributed by atoms with van der Waals surface area (Å²) in [5.41, 5.74) is 2.01. The molecule has 218 valence electrons. The van der Waals surface area contributed by atoms with Crippen LogP contribution >= 0.6 is 0 Å². The van der Waals surface area contributed by atoms with Crippen molar-refractivity contribution in [3.63, 3.8) is 0 Å². The van der Waals surface area contributed by atoms with Gasteiger partial charge in [-0.15, -0.1) is 6.92 Å². The van der Waals surface area contributed by atoms with Crippen molar-refractivity contribution in [2.45, 2.75) is 70.8 Å². The fourth-order valence-corrected chi connectivity index (χ4v) is 4.96. The summed E-state index contributed by atoms with van der Waals surface area (Å²) in [6, 6.07) is 16.4. The molecule has 0 atom stereocenters. The molecule has 0 unspecified atom stereocenters. The molecule has 0 bridgehead atoms. The average molecular weight is 563 g/mol. The molecule has 0 saturated heterocycles. The Hall–Kier alpha value is -3.38. The Balaban J connectivity index is 1.28. The van der Waals surface area contributed by atoms with E-state index in [4.69, 9.17) is 14.2 Å². The first-order valence-corrected chi connectivity index (χ1v) is 14.7. The molecule has 0 radical (unpaired) electrons. The number of carbonyl (C=O) groups excluding carboxylic acids is 1. The smallest absolute Gasteiger partial charge is 0.341 e. The predicted molar refractivity (Wildman–Crippen MR) is 159 cm³/mol. The molecule has 0 N–H and O–H groups in total. The van der Waals surface area contributed by atoms with E-state index in [2.05, 4.69) is 13.8 Å². The van der Waals surface area contributed by atoms with Crippen LogP contribution in [0.25, 0.3) is 22.3 Å². The molecular weight excluding hydrogens is 522 g/mol. The van der Waals surface area contributed by atoms with Gasteiger partial charge >= 0.3 is 5.97 Å². The topological polar surface area (TPSA) is 44.8 Å². The van der Waals surface area contributed by atoms with Crippen molar-refractivity contribution in [1.82, 2.24) is 0 Å². The summed E-state index contributed by atoms with van der Waals surface area (Å²) in [6.45, 7) is 7.64. The summed E-state index contributed by atoms with van der Waals surface area (Å²) in [5, 5.41) is 0. The zero-order chi connectivity index (χ0) is 29.0. The van der Waals surface area contributed by atoms with Crippen molar-refractivity contribution in [1.29, 1.82) is 0 Å².